The van der Waals surface area contributed by atoms with Crippen molar-refractivity contribution < 1.29 is 4.74 Å². The summed E-state index contributed by atoms with van der Waals surface area (Å²) in [5, 5.41) is 16.6. The van der Waals surface area contributed by atoms with Gasteiger partial charge in [-0.25, -0.2) is 9.50 Å². The fourth-order valence-corrected chi connectivity index (χ4v) is 2.75. The minimum absolute atomic E-state index is 0.453. The summed E-state index contributed by atoms with van der Waals surface area (Å²) < 4.78 is 6.96. The number of nitrogens with one attached hydrogen (secondary N) is 1. The van der Waals surface area contributed by atoms with Crippen molar-refractivity contribution in [2.75, 3.05) is 36.5 Å². The lowest BCUT2D eigenvalue weighted by Crippen LogP contribution is -2.36. The molecule has 1 aromatic carbocycles. The Bertz CT molecular complexity index is 890. The Kier molecular flexibility index (Phi) is 3.73. The molecule has 3 heterocycles. The molecule has 0 aliphatic carbocycles. The number of anilines is 3. The number of hydrogen-bond acceptors (Lipinski definition) is 6. The first-order valence-electron chi connectivity index (χ1n) is 7.78. The summed E-state index contributed by atoms with van der Waals surface area (Å²) in [6.07, 6.45) is 1.69. The quantitative estimate of drug-likeness (QED) is 0.797. The molecule has 0 spiro atoms. The number of hydrogen-bond donors (Lipinski definition) is 1. The van der Waals surface area contributed by atoms with Crippen LogP contribution in [0.3, 0.4) is 0 Å². The summed E-state index contributed by atoms with van der Waals surface area (Å²) in [5.41, 5.74) is 3.35. The van der Waals surface area contributed by atoms with Crippen LogP contribution in [0.25, 0.3) is 5.52 Å². The van der Waals surface area contributed by atoms with E-state index in [-0.39, 0.29) is 0 Å². The fourth-order valence-electron chi connectivity index (χ4n) is 2.75. The number of benzene rings is 1. The second-order valence-electron chi connectivity index (χ2n) is 5.52. The van der Waals surface area contributed by atoms with Gasteiger partial charge in [0.1, 0.15) is 11.8 Å². The van der Waals surface area contributed by atoms with Crippen molar-refractivity contribution >= 4 is 22.8 Å². The lowest BCUT2D eigenvalue weighted by atomic mass is 10.2. The Hall–Kier alpha value is -3.11. The first-order valence-corrected chi connectivity index (χ1v) is 7.78. The van der Waals surface area contributed by atoms with Crippen LogP contribution in [0.1, 0.15) is 5.69 Å². The Morgan fingerprint density at radius 2 is 1.88 bits per heavy atom. The Balaban J connectivity index is 1.53. The predicted octanol–water partition coefficient (Wildman–Crippen LogP) is 2.18. The van der Waals surface area contributed by atoms with Crippen LogP contribution in [0.2, 0.25) is 0 Å². The first-order chi connectivity index (χ1) is 11.8. The largest absolute Gasteiger partial charge is 0.378 e. The van der Waals surface area contributed by atoms with Crippen LogP contribution < -0.4 is 10.2 Å². The maximum Gasteiger partial charge on any atom is 0.245 e. The van der Waals surface area contributed by atoms with Gasteiger partial charge in [-0.2, -0.15) is 5.26 Å². The third-order valence-corrected chi connectivity index (χ3v) is 4.01. The van der Waals surface area contributed by atoms with Gasteiger partial charge in [0.15, 0.2) is 0 Å². The molecule has 0 radical (unpaired) electrons. The minimum Gasteiger partial charge on any atom is -0.378 e. The van der Waals surface area contributed by atoms with Crippen LogP contribution in [0.15, 0.2) is 42.6 Å². The van der Waals surface area contributed by atoms with Crippen molar-refractivity contribution in [1.82, 2.24) is 14.6 Å². The van der Waals surface area contributed by atoms with Crippen molar-refractivity contribution in [3.63, 3.8) is 0 Å². The van der Waals surface area contributed by atoms with Gasteiger partial charge in [-0.05, 0) is 36.4 Å². The molecule has 0 bridgehead atoms. The normalized spacial score (nSPS) is 14.5. The molecule has 0 atom stereocenters. The van der Waals surface area contributed by atoms with E-state index in [0.29, 0.717) is 11.6 Å². The van der Waals surface area contributed by atoms with Crippen LogP contribution in [0.5, 0.6) is 0 Å². The highest BCUT2D eigenvalue weighted by Gasteiger charge is 2.11. The highest BCUT2D eigenvalue weighted by Crippen LogP contribution is 2.21. The molecule has 1 N–H and O–H groups in total. The zero-order chi connectivity index (χ0) is 16.4. The summed E-state index contributed by atoms with van der Waals surface area (Å²) >= 11 is 0. The molecule has 2 aromatic heterocycles. The summed E-state index contributed by atoms with van der Waals surface area (Å²) in [5.74, 6) is 0.453. The maximum atomic E-state index is 9.09. The Labute approximate surface area is 139 Å². The maximum absolute atomic E-state index is 9.09. The van der Waals surface area contributed by atoms with Crippen molar-refractivity contribution in [2.45, 2.75) is 0 Å². The van der Waals surface area contributed by atoms with E-state index in [9.17, 15) is 0 Å². The molecule has 7 nitrogen and oxygen atoms in total. The second-order valence-corrected chi connectivity index (χ2v) is 5.52. The summed E-state index contributed by atoms with van der Waals surface area (Å²) in [4.78, 5) is 6.58. The molecule has 0 amide bonds. The highest BCUT2D eigenvalue weighted by atomic mass is 16.5. The molecule has 1 saturated heterocycles. The molecular weight excluding hydrogens is 304 g/mol. The molecule has 7 heteroatoms. The third kappa shape index (κ3) is 2.75. The minimum atomic E-state index is 0.453. The van der Waals surface area contributed by atoms with Crippen molar-refractivity contribution in [1.29, 1.82) is 5.26 Å². The Morgan fingerprint density at radius 3 is 2.62 bits per heavy atom. The van der Waals surface area contributed by atoms with Gasteiger partial charge >= 0.3 is 0 Å². The van der Waals surface area contributed by atoms with Gasteiger partial charge in [-0.15, -0.1) is 5.10 Å². The SMILES string of the molecule is N#Cc1ccc2cnc(Nc3ccc(N4CCOCC4)cc3)nn12. The molecule has 1 aliphatic heterocycles. The Morgan fingerprint density at radius 1 is 1.08 bits per heavy atom. The van der Waals surface area contributed by atoms with Crippen LogP contribution >= 0.6 is 0 Å². The molecule has 1 fully saturated rings. The lowest BCUT2D eigenvalue weighted by molar-refractivity contribution is 0.122. The van der Waals surface area contributed by atoms with Gasteiger partial charge in [-0.1, -0.05) is 0 Å². The zero-order valence-corrected chi connectivity index (χ0v) is 13.0. The molecule has 4 rings (SSSR count). The number of rotatable bonds is 3. The van der Waals surface area contributed by atoms with E-state index in [4.69, 9.17) is 10.00 Å². The summed E-state index contributed by atoms with van der Waals surface area (Å²) in [6, 6.07) is 13.8. The van der Waals surface area contributed by atoms with Crippen LogP contribution in [0, 0.1) is 11.3 Å². The average Bonchev–Trinajstić information content (AvgIpc) is 3.05. The molecule has 1 aliphatic rings. The van der Waals surface area contributed by atoms with Crippen molar-refractivity contribution in [3.05, 3.63) is 48.3 Å². The van der Waals surface area contributed by atoms with E-state index >= 15 is 0 Å². The smallest absolute Gasteiger partial charge is 0.245 e. The van der Waals surface area contributed by atoms with Gasteiger partial charge in [0.25, 0.3) is 0 Å². The number of fused-ring (bicyclic) bond motifs is 1. The number of nitrogens with zero attached hydrogens (tertiary/aromatic N) is 5. The number of aromatic nitrogens is 3. The molecule has 120 valence electrons. The molecule has 0 saturated carbocycles. The van der Waals surface area contributed by atoms with E-state index in [2.05, 4.69) is 38.5 Å². The van der Waals surface area contributed by atoms with E-state index in [1.807, 2.05) is 18.2 Å². The molecule has 0 unspecified atom stereocenters. The molecular formula is C17H16N6O. The van der Waals surface area contributed by atoms with Crippen molar-refractivity contribution in [2.24, 2.45) is 0 Å². The van der Waals surface area contributed by atoms with Gasteiger partial charge in [0.05, 0.1) is 24.9 Å². The molecule has 3 aromatic rings. The van der Waals surface area contributed by atoms with E-state index in [1.54, 1.807) is 16.8 Å². The van der Waals surface area contributed by atoms with Gasteiger partial charge in [0.2, 0.25) is 5.95 Å². The number of ether oxygens (including phenoxy) is 1. The topological polar surface area (TPSA) is 78.5 Å². The molecule has 24 heavy (non-hydrogen) atoms. The van der Waals surface area contributed by atoms with E-state index in [0.717, 1.165) is 37.5 Å². The lowest BCUT2D eigenvalue weighted by Gasteiger charge is -2.28. The average molecular weight is 320 g/mol. The number of morpholine rings is 1. The van der Waals surface area contributed by atoms with Gasteiger partial charge in [0, 0.05) is 24.5 Å². The first kappa shape index (κ1) is 14.5. The van der Waals surface area contributed by atoms with Gasteiger partial charge < -0.3 is 15.0 Å². The predicted molar refractivity (Wildman–Crippen MR) is 90.5 cm³/mol. The van der Waals surface area contributed by atoms with Crippen molar-refractivity contribution in [3.8, 4) is 6.07 Å². The fraction of sp³-hybridized carbons (Fsp3) is 0.235. The monoisotopic (exact) mass is 320 g/mol. The van der Waals surface area contributed by atoms with E-state index in [1.165, 1.54) is 5.69 Å². The van der Waals surface area contributed by atoms with E-state index < -0.39 is 0 Å². The summed E-state index contributed by atoms with van der Waals surface area (Å²) in [7, 11) is 0. The number of nitriles is 1. The van der Waals surface area contributed by atoms with Gasteiger partial charge in [-0.3, -0.25) is 0 Å². The third-order valence-electron chi connectivity index (χ3n) is 4.01. The van der Waals surface area contributed by atoms with Crippen LogP contribution in [-0.2, 0) is 4.74 Å². The van der Waals surface area contributed by atoms with Crippen LogP contribution in [-0.4, -0.2) is 40.9 Å². The second kappa shape index (κ2) is 6.18. The zero-order valence-electron chi connectivity index (χ0n) is 13.0. The highest BCUT2D eigenvalue weighted by molar-refractivity contribution is 5.60. The van der Waals surface area contributed by atoms with Crippen LogP contribution in [0.4, 0.5) is 17.3 Å². The standard InChI is InChI=1S/C17H16N6O/c18-11-15-5-6-16-12-19-17(21-23(15)16)20-13-1-3-14(4-2-13)22-7-9-24-10-8-22/h1-6,12H,7-10H2,(H,20,21). The summed E-state index contributed by atoms with van der Waals surface area (Å²) in [6.45, 7) is 3.37.